The number of hydrogen-bond acceptors (Lipinski definition) is 11. The monoisotopic (exact) mass is 675 g/mol. The first kappa shape index (κ1) is 30.9. The Morgan fingerprint density at radius 2 is 1.98 bits per heavy atom. The summed E-state index contributed by atoms with van der Waals surface area (Å²) >= 11 is 0. The van der Waals surface area contributed by atoms with Crippen LogP contribution in [0, 0.1) is 23.0 Å². The van der Waals surface area contributed by atoms with Crippen molar-refractivity contribution in [1.82, 2.24) is 19.8 Å². The molecule has 2 aromatic carbocycles. The van der Waals surface area contributed by atoms with Gasteiger partial charge >= 0.3 is 6.01 Å². The van der Waals surface area contributed by atoms with Gasteiger partial charge in [0.05, 0.1) is 35.6 Å². The number of aromatic nitrogens is 2. The van der Waals surface area contributed by atoms with Crippen LogP contribution in [0.2, 0.25) is 0 Å². The number of ether oxygens (including phenoxy) is 2. The van der Waals surface area contributed by atoms with E-state index in [1.54, 1.807) is 6.92 Å². The van der Waals surface area contributed by atoms with E-state index in [-0.39, 0.29) is 77.0 Å². The van der Waals surface area contributed by atoms with Gasteiger partial charge in [0, 0.05) is 55.8 Å². The number of aliphatic hydroxyl groups excluding tert-OH is 1. The molecule has 256 valence electrons. The van der Waals surface area contributed by atoms with Crippen LogP contribution in [-0.4, -0.2) is 94.1 Å². The number of likely N-dealkylation sites (tertiary alicyclic amines) is 1. The van der Waals surface area contributed by atoms with E-state index in [1.165, 1.54) is 12.1 Å². The summed E-state index contributed by atoms with van der Waals surface area (Å²) in [5, 5.41) is 20.6. The lowest BCUT2D eigenvalue weighted by Gasteiger charge is -2.36. The van der Waals surface area contributed by atoms with Gasteiger partial charge in [0.1, 0.15) is 47.1 Å². The number of anilines is 2. The predicted molar refractivity (Wildman–Crippen MR) is 174 cm³/mol. The quantitative estimate of drug-likeness (QED) is 0.288. The maximum absolute atomic E-state index is 17.4. The van der Waals surface area contributed by atoms with Crippen molar-refractivity contribution in [2.45, 2.75) is 75.7 Å². The number of aliphatic hydroxyl groups is 1. The van der Waals surface area contributed by atoms with Crippen LogP contribution in [0.25, 0.3) is 33.0 Å². The van der Waals surface area contributed by atoms with Gasteiger partial charge in [-0.1, -0.05) is 0 Å². The highest BCUT2D eigenvalue weighted by Gasteiger charge is 2.50. The summed E-state index contributed by atoms with van der Waals surface area (Å²) in [6.07, 6.45) is 1.51. The number of hydrogen-bond donors (Lipinski definition) is 2. The van der Waals surface area contributed by atoms with E-state index in [0.29, 0.717) is 54.9 Å². The van der Waals surface area contributed by atoms with Gasteiger partial charge < -0.3 is 29.6 Å². The minimum Gasteiger partial charge on any atom is -0.461 e. The highest BCUT2D eigenvalue weighted by atomic mass is 19.1. The van der Waals surface area contributed by atoms with Crippen molar-refractivity contribution in [3.05, 3.63) is 40.5 Å². The Morgan fingerprint density at radius 3 is 2.76 bits per heavy atom. The number of β-amino-alcohol motifs (C(OH)–C–C–N with tert-alkyl or cyclic N) is 1. The molecule has 0 aliphatic carbocycles. The van der Waals surface area contributed by atoms with Crippen LogP contribution in [0.5, 0.6) is 6.01 Å². The van der Waals surface area contributed by atoms with Crippen LogP contribution in [0.15, 0.2) is 16.5 Å². The molecule has 0 amide bonds. The van der Waals surface area contributed by atoms with Crippen molar-refractivity contribution in [2.75, 3.05) is 50.0 Å². The summed E-state index contributed by atoms with van der Waals surface area (Å²) in [6.45, 7) is 5.09. The van der Waals surface area contributed by atoms with Crippen molar-refractivity contribution >= 4 is 33.6 Å². The molecule has 2 bridgehead atoms. The van der Waals surface area contributed by atoms with Gasteiger partial charge in [-0.15, -0.1) is 0 Å². The minimum atomic E-state index is -0.947. The lowest BCUT2D eigenvalue weighted by molar-refractivity contribution is 0.107. The number of fused-ring (bicyclic) bond motifs is 7. The molecule has 49 heavy (non-hydrogen) atoms. The number of benzene rings is 2. The normalized spacial score (nSPS) is 27.0. The van der Waals surface area contributed by atoms with Gasteiger partial charge in [0.15, 0.2) is 5.82 Å². The summed E-state index contributed by atoms with van der Waals surface area (Å²) in [6, 6.07) is 4.72. The summed E-state index contributed by atoms with van der Waals surface area (Å²) in [5.74, 6) is -1.22. The van der Waals surface area contributed by atoms with Crippen LogP contribution in [0.1, 0.15) is 49.3 Å². The van der Waals surface area contributed by atoms with Gasteiger partial charge in [0.2, 0.25) is 5.88 Å². The third kappa shape index (κ3) is 4.62. The number of halogens is 3. The largest absolute Gasteiger partial charge is 0.461 e. The number of rotatable bonds is 7. The maximum atomic E-state index is 17.4. The topological polar surface area (TPSA) is 137 Å². The second-order valence-electron chi connectivity index (χ2n) is 14.3. The fourth-order valence-corrected chi connectivity index (χ4v) is 9.28. The molecule has 7 heterocycles. The molecule has 14 heteroatoms. The molecule has 5 aliphatic rings. The molecule has 4 saturated heterocycles. The summed E-state index contributed by atoms with van der Waals surface area (Å²) in [4.78, 5) is 16.2. The van der Waals surface area contributed by atoms with Crippen LogP contribution in [0.4, 0.5) is 24.9 Å². The molecule has 0 saturated carbocycles. The van der Waals surface area contributed by atoms with E-state index in [0.717, 1.165) is 25.8 Å². The third-order valence-electron chi connectivity index (χ3n) is 11.3. The van der Waals surface area contributed by atoms with E-state index in [9.17, 15) is 14.8 Å². The molecular formula is C35H36F3N7O4. The molecule has 4 aromatic rings. The fraction of sp³-hybridized carbons (Fsp3) is 0.514. The molecule has 4 fully saturated rings. The van der Waals surface area contributed by atoms with E-state index in [2.05, 4.69) is 19.7 Å². The highest BCUT2D eigenvalue weighted by Crippen LogP contribution is 2.48. The zero-order chi connectivity index (χ0) is 33.8. The Morgan fingerprint density at radius 1 is 1.14 bits per heavy atom. The van der Waals surface area contributed by atoms with E-state index >= 15 is 8.78 Å². The van der Waals surface area contributed by atoms with Crippen molar-refractivity contribution in [3.8, 4) is 23.2 Å². The number of piperazine rings is 1. The molecule has 0 spiro atoms. The molecular weight excluding hydrogens is 639 g/mol. The number of nitrogens with two attached hydrogens (primary N) is 1. The lowest BCUT2D eigenvalue weighted by atomic mass is 9.90. The average Bonchev–Trinajstić information content (AvgIpc) is 3.91. The molecule has 5 atom stereocenters. The molecule has 0 radical (unpaired) electrons. The van der Waals surface area contributed by atoms with Crippen molar-refractivity contribution in [1.29, 1.82) is 5.26 Å². The maximum Gasteiger partial charge on any atom is 0.319 e. The first-order chi connectivity index (χ1) is 23.7. The van der Waals surface area contributed by atoms with Gasteiger partial charge in [-0.25, -0.2) is 13.2 Å². The Balaban J connectivity index is 1.23. The van der Waals surface area contributed by atoms with Crippen molar-refractivity contribution in [2.24, 2.45) is 0 Å². The van der Waals surface area contributed by atoms with E-state index in [4.69, 9.17) is 24.6 Å². The smallest absolute Gasteiger partial charge is 0.319 e. The molecule has 9 rings (SSSR count). The van der Waals surface area contributed by atoms with Crippen LogP contribution < -0.4 is 15.4 Å². The Kier molecular flexibility index (Phi) is 7.04. The molecule has 5 aliphatic heterocycles. The summed E-state index contributed by atoms with van der Waals surface area (Å²) in [7, 11) is 0. The van der Waals surface area contributed by atoms with Crippen molar-refractivity contribution < 1.29 is 32.2 Å². The number of furan rings is 1. The van der Waals surface area contributed by atoms with Gasteiger partial charge in [-0.05, 0) is 56.0 Å². The number of alkyl halides is 1. The van der Waals surface area contributed by atoms with Crippen molar-refractivity contribution in [3.63, 3.8) is 0 Å². The standard InChI is InChI=1S/C35H36F3N7O4/c1-17(46)10-43-12-20-7-19(43)13-45(20)33-28-23-15-47-14-22(23)27(29-24(37)3-4-25-26(29)21(9-39)32(40)49-25)30(38)31(28)41-34(42-33)48-16-35-5-2-6-44(35)11-18(36)8-35/h3-4,17-20,46H,2,5-8,10-16,40H2,1H3/t17-,18-,19-,20-,35+/m1/s1. The average molecular weight is 676 g/mol. The van der Waals surface area contributed by atoms with Crippen LogP contribution in [0.3, 0.4) is 0 Å². The predicted octanol–water partition coefficient (Wildman–Crippen LogP) is 4.40. The van der Waals surface area contributed by atoms with Gasteiger partial charge in [0.25, 0.3) is 0 Å². The fourth-order valence-electron chi connectivity index (χ4n) is 9.28. The van der Waals surface area contributed by atoms with E-state index in [1.807, 2.05) is 6.07 Å². The molecule has 3 N–H and O–H groups in total. The number of nitrogens with zero attached hydrogens (tertiary/aromatic N) is 6. The summed E-state index contributed by atoms with van der Waals surface area (Å²) in [5.41, 5.74) is 6.40. The number of nitrogen functional groups attached to an aromatic ring is 1. The first-order valence-corrected chi connectivity index (χ1v) is 16.9. The third-order valence-corrected chi connectivity index (χ3v) is 11.3. The zero-order valence-electron chi connectivity index (χ0n) is 27.0. The Hall–Kier alpha value is -4.16. The first-order valence-electron chi connectivity index (χ1n) is 16.9. The lowest BCUT2D eigenvalue weighted by Crippen LogP contribution is -2.48. The molecule has 0 unspecified atom stereocenters. The Labute approximate surface area is 280 Å². The van der Waals surface area contributed by atoms with Gasteiger partial charge in [-0.2, -0.15) is 15.2 Å². The second kappa shape index (κ2) is 11.2. The molecule has 2 aromatic heterocycles. The molecule has 11 nitrogen and oxygen atoms in total. The van der Waals surface area contributed by atoms with Crippen LogP contribution >= 0.6 is 0 Å². The van der Waals surface area contributed by atoms with E-state index < -0.39 is 29.4 Å². The Bertz CT molecular complexity index is 2070. The zero-order valence-corrected chi connectivity index (χ0v) is 27.0. The van der Waals surface area contributed by atoms with Crippen LogP contribution in [-0.2, 0) is 18.0 Å². The van der Waals surface area contributed by atoms with Gasteiger partial charge in [-0.3, -0.25) is 9.80 Å². The highest BCUT2D eigenvalue weighted by molar-refractivity contribution is 6.05. The minimum absolute atomic E-state index is 0.0111. The second-order valence-corrected chi connectivity index (χ2v) is 14.3. The number of nitriles is 1. The summed E-state index contributed by atoms with van der Waals surface area (Å²) < 4.78 is 65.7. The SMILES string of the molecule is C[C@@H](O)CN1C[C@H]2C[C@@H]1CN2c1nc(OC[C@@]23CCCN2C[C@H](F)C3)nc2c(F)c(-c3c(F)ccc4oc(N)c(C#N)c34)c3c(c12)COC3.